The van der Waals surface area contributed by atoms with Crippen molar-refractivity contribution >= 4 is 11.8 Å². The van der Waals surface area contributed by atoms with E-state index in [1.807, 2.05) is 60.7 Å². The van der Waals surface area contributed by atoms with Crippen LogP contribution in [0.4, 0.5) is 0 Å². The van der Waals surface area contributed by atoms with E-state index < -0.39 is 11.6 Å². The van der Waals surface area contributed by atoms with Crippen molar-refractivity contribution in [2.24, 2.45) is 5.41 Å². The SMILES string of the molecule is O=C1NC[C@@H](c2ccccc2)[C@@]12C[C@H]1CO[C@H](c3ccccc3)N1C2=O. The number of hydrogen-bond donors (Lipinski definition) is 1. The van der Waals surface area contributed by atoms with Crippen LogP contribution in [0.25, 0.3) is 0 Å². The van der Waals surface area contributed by atoms with Crippen molar-refractivity contribution < 1.29 is 14.3 Å². The zero-order valence-corrected chi connectivity index (χ0v) is 14.3. The van der Waals surface area contributed by atoms with Gasteiger partial charge in [0, 0.05) is 18.0 Å². The van der Waals surface area contributed by atoms with Crippen molar-refractivity contribution in [3.8, 4) is 0 Å². The molecular weight excluding hydrogens is 328 g/mol. The summed E-state index contributed by atoms with van der Waals surface area (Å²) in [5.74, 6) is -0.374. The van der Waals surface area contributed by atoms with Crippen LogP contribution in [0.5, 0.6) is 0 Å². The van der Waals surface area contributed by atoms with Gasteiger partial charge in [-0.1, -0.05) is 60.7 Å². The third kappa shape index (κ3) is 2.01. The third-order valence-corrected chi connectivity index (χ3v) is 6.02. The lowest BCUT2D eigenvalue weighted by Gasteiger charge is -2.29. The number of carbonyl (C=O) groups is 2. The fourth-order valence-electron chi connectivity index (χ4n) is 4.80. The minimum absolute atomic E-state index is 0.0530. The Kier molecular flexibility index (Phi) is 3.40. The molecule has 5 heteroatoms. The lowest BCUT2D eigenvalue weighted by molar-refractivity contribution is -0.148. The second-order valence-electron chi connectivity index (χ2n) is 7.31. The van der Waals surface area contributed by atoms with Gasteiger partial charge in [-0.05, 0) is 12.0 Å². The molecule has 3 fully saturated rings. The molecule has 26 heavy (non-hydrogen) atoms. The van der Waals surface area contributed by atoms with E-state index in [2.05, 4.69) is 5.32 Å². The summed E-state index contributed by atoms with van der Waals surface area (Å²) in [5.41, 5.74) is 0.982. The first-order valence-corrected chi connectivity index (χ1v) is 9.04. The minimum Gasteiger partial charge on any atom is -0.354 e. The third-order valence-electron chi connectivity index (χ3n) is 6.02. The van der Waals surface area contributed by atoms with Crippen molar-refractivity contribution in [2.75, 3.05) is 13.2 Å². The molecule has 1 N–H and O–H groups in total. The molecule has 1 spiro atoms. The van der Waals surface area contributed by atoms with E-state index >= 15 is 0 Å². The van der Waals surface area contributed by atoms with E-state index in [4.69, 9.17) is 4.74 Å². The summed E-state index contributed by atoms with van der Waals surface area (Å²) in [6.07, 6.45) is 0.110. The topological polar surface area (TPSA) is 58.6 Å². The highest BCUT2D eigenvalue weighted by Gasteiger charge is 2.66. The molecule has 0 saturated carbocycles. The lowest BCUT2D eigenvalue weighted by Crippen LogP contribution is -2.43. The second-order valence-corrected chi connectivity index (χ2v) is 7.31. The highest BCUT2D eigenvalue weighted by molar-refractivity contribution is 6.09. The first kappa shape index (κ1) is 15.6. The average molecular weight is 348 g/mol. The summed E-state index contributed by atoms with van der Waals surface area (Å²) in [6, 6.07) is 19.6. The van der Waals surface area contributed by atoms with Gasteiger partial charge in [0.05, 0.1) is 12.6 Å². The zero-order valence-electron chi connectivity index (χ0n) is 14.3. The number of nitrogens with one attached hydrogen (secondary N) is 1. The summed E-state index contributed by atoms with van der Waals surface area (Å²) in [4.78, 5) is 28.2. The van der Waals surface area contributed by atoms with Crippen LogP contribution in [0.15, 0.2) is 60.7 Å². The molecule has 2 aromatic carbocycles. The summed E-state index contributed by atoms with van der Waals surface area (Å²) >= 11 is 0. The van der Waals surface area contributed by atoms with Gasteiger partial charge in [0.15, 0.2) is 6.23 Å². The Morgan fingerprint density at radius 3 is 2.31 bits per heavy atom. The molecule has 5 nitrogen and oxygen atoms in total. The number of rotatable bonds is 2. The van der Waals surface area contributed by atoms with Gasteiger partial charge in [-0.25, -0.2) is 0 Å². The van der Waals surface area contributed by atoms with Gasteiger partial charge in [0.25, 0.3) is 0 Å². The molecule has 3 heterocycles. The van der Waals surface area contributed by atoms with Gasteiger partial charge in [0.1, 0.15) is 5.41 Å². The number of carbonyl (C=O) groups excluding carboxylic acids is 2. The molecule has 132 valence electrons. The largest absolute Gasteiger partial charge is 0.354 e. The van der Waals surface area contributed by atoms with E-state index in [1.165, 1.54) is 0 Å². The van der Waals surface area contributed by atoms with Crippen LogP contribution in [-0.4, -0.2) is 35.9 Å². The summed E-state index contributed by atoms with van der Waals surface area (Å²) in [5, 5.41) is 2.95. The molecule has 3 saturated heterocycles. The number of fused-ring (bicyclic) bond motifs is 1. The van der Waals surface area contributed by atoms with Crippen molar-refractivity contribution in [1.29, 1.82) is 0 Å². The molecular formula is C21H20N2O3. The fourth-order valence-corrected chi connectivity index (χ4v) is 4.80. The monoisotopic (exact) mass is 348 g/mol. The van der Waals surface area contributed by atoms with Crippen LogP contribution < -0.4 is 5.32 Å². The number of ether oxygens (including phenoxy) is 1. The Balaban J connectivity index is 1.55. The average Bonchev–Trinajstić information content (AvgIpc) is 3.33. The molecule has 0 aromatic heterocycles. The van der Waals surface area contributed by atoms with Gasteiger partial charge in [-0.3, -0.25) is 9.59 Å². The highest BCUT2D eigenvalue weighted by atomic mass is 16.5. The maximum Gasteiger partial charge on any atom is 0.241 e. The second kappa shape index (κ2) is 5.68. The standard InChI is InChI=1S/C21H20N2O3/c24-19-21(17(12-22-19)14-7-3-1-4-8-14)11-16-13-26-18(23(16)20(21)25)15-9-5-2-6-10-15/h1-10,16-18H,11-13H2,(H,22,24)/t16-,17-,18+,21-/m0/s1. The number of benzene rings is 2. The predicted octanol–water partition coefficient (Wildman–Crippen LogP) is 2.22. The Morgan fingerprint density at radius 2 is 1.62 bits per heavy atom. The van der Waals surface area contributed by atoms with Crippen molar-refractivity contribution in [3.63, 3.8) is 0 Å². The van der Waals surface area contributed by atoms with Crippen molar-refractivity contribution in [1.82, 2.24) is 10.2 Å². The maximum atomic E-state index is 13.6. The normalized spacial score (nSPS) is 32.9. The number of hydrogen-bond acceptors (Lipinski definition) is 3. The van der Waals surface area contributed by atoms with E-state index in [-0.39, 0.29) is 23.8 Å². The van der Waals surface area contributed by atoms with E-state index in [1.54, 1.807) is 4.90 Å². The van der Waals surface area contributed by atoms with Gasteiger partial charge in [-0.15, -0.1) is 0 Å². The van der Waals surface area contributed by atoms with E-state index in [9.17, 15) is 9.59 Å². The van der Waals surface area contributed by atoms with Gasteiger partial charge >= 0.3 is 0 Å². The molecule has 3 aliphatic heterocycles. The van der Waals surface area contributed by atoms with Crippen LogP contribution in [0.3, 0.4) is 0 Å². The Bertz CT molecular complexity index is 854. The molecule has 2 amide bonds. The van der Waals surface area contributed by atoms with E-state index in [0.29, 0.717) is 19.6 Å². The van der Waals surface area contributed by atoms with Crippen LogP contribution in [-0.2, 0) is 14.3 Å². The Morgan fingerprint density at radius 1 is 0.962 bits per heavy atom. The molecule has 0 bridgehead atoms. The van der Waals surface area contributed by atoms with Crippen LogP contribution in [0, 0.1) is 5.41 Å². The number of nitrogens with zero attached hydrogens (tertiary/aromatic N) is 1. The van der Waals surface area contributed by atoms with Crippen LogP contribution in [0.1, 0.15) is 29.7 Å². The summed E-state index contributed by atoms with van der Waals surface area (Å²) in [7, 11) is 0. The highest BCUT2D eigenvalue weighted by Crippen LogP contribution is 2.53. The molecule has 3 aliphatic rings. The Labute approximate surface area is 152 Å². The van der Waals surface area contributed by atoms with Gasteiger partial charge in [0.2, 0.25) is 11.8 Å². The van der Waals surface area contributed by atoms with E-state index in [0.717, 1.165) is 11.1 Å². The van der Waals surface area contributed by atoms with Crippen LogP contribution in [0.2, 0.25) is 0 Å². The first-order valence-electron chi connectivity index (χ1n) is 9.04. The minimum atomic E-state index is -1.01. The lowest BCUT2D eigenvalue weighted by atomic mass is 9.72. The summed E-state index contributed by atoms with van der Waals surface area (Å²) < 4.78 is 5.93. The van der Waals surface area contributed by atoms with Crippen LogP contribution >= 0.6 is 0 Å². The summed E-state index contributed by atoms with van der Waals surface area (Å²) in [6.45, 7) is 0.980. The maximum absolute atomic E-state index is 13.6. The molecule has 4 atom stereocenters. The molecule has 2 aromatic rings. The molecule has 0 radical (unpaired) electrons. The zero-order chi connectivity index (χ0) is 17.7. The number of amides is 2. The van der Waals surface area contributed by atoms with Gasteiger partial charge in [-0.2, -0.15) is 0 Å². The van der Waals surface area contributed by atoms with Gasteiger partial charge < -0.3 is 15.0 Å². The molecule has 0 unspecified atom stereocenters. The van der Waals surface area contributed by atoms with Crippen molar-refractivity contribution in [3.05, 3.63) is 71.8 Å². The molecule has 0 aliphatic carbocycles. The molecule has 5 rings (SSSR count). The quantitative estimate of drug-likeness (QED) is 0.847. The smallest absolute Gasteiger partial charge is 0.241 e. The fraction of sp³-hybridized carbons (Fsp3) is 0.333. The predicted molar refractivity (Wildman–Crippen MR) is 95.0 cm³/mol. The first-order chi connectivity index (χ1) is 12.7. The Hall–Kier alpha value is -2.66. The van der Waals surface area contributed by atoms with Crippen molar-refractivity contribution in [2.45, 2.75) is 24.6 Å².